The molecule has 0 atom stereocenters. The van der Waals surface area contributed by atoms with Crippen molar-refractivity contribution in [2.45, 2.75) is 312 Å². The summed E-state index contributed by atoms with van der Waals surface area (Å²) in [4.78, 5) is 29.4. The minimum Gasteiger partial charge on any atom is -0.456 e. The van der Waals surface area contributed by atoms with Crippen LogP contribution in [0, 0.1) is 62.3 Å². The molecule has 0 aliphatic heterocycles. The molecule has 0 radical (unpaired) electrons. The number of benzene rings is 8. The molecule has 18 aromatic rings. The fraction of sp³-hybridized carbons (Fsp3) is 0.451. The number of rotatable bonds is 4. The highest BCUT2D eigenvalue weighted by molar-refractivity contribution is 7.25. The van der Waals surface area contributed by atoms with Gasteiger partial charge in [0.05, 0.1) is 33.5 Å². The Morgan fingerprint density at radius 2 is 0.677 bits per heavy atom. The zero-order valence-corrected chi connectivity index (χ0v) is 94.2. The first-order valence-electron chi connectivity index (χ1n) is 50.1. The number of pyridine rings is 1. The van der Waals surface area contributed by atoms with Crippen molar-refractivity contribution in [2.24, 2.45) is 42.3 Å². The smallest absolute Gasteiger partial charge is 0.307 e. The minimum atomic E-state index is 0.856. The van der Waals surface area contributed by atoms with Gasteiger partial charge in [0.25, 0.3) is 5.65 Å². The molecule has 0 fully saturated rings. The Morgan fingerprint density at radius 3 is 1.14 bits per heavy atom. The number of thiophene rings is 1. The summed E-state index contributed by atoms with van der Waals surface area (Å²) in [6, 6.07) is 45.1. The van der Waals surface area contributed by atoms with Crippen LogP contribution < -0.4 is 23.4 Å². The standard InChI is InChI=1S/C20H22N3.C17H17N4.C16H14N3O.C16H14N3S.C8H10N5.18C2H6/c1-11-8-7-9-16-17-14(4)12(2)13(3)15(5)18(17)20-21-10-22(6)23(20)19(11)16;1-12-8-14-13-6-4-5-7-15(13)20(3)17(14)9-16(12)21-11-18-10-19(21)2;2*1-11-7-13-12-5-3-4-6-15(12)20-16(13)8-14(11)19-10-17-9-18(19)2;1-7-3-9-4-11-8(7)13-6-10-5-12(13)2;18*1-2/h7-10H,1-6H3;4-11H,1-3H3;2*3-10H,1-2H3;3-6H,1-2H3;18*1-2H3/q5*+1;;;;;;;;;;;;;;;;;;. The average Bonchev–Trinajstić information content (AvgIpc) is 1.69. The van der Waals surface area contributed by atoms with E-state index >= 15 is 0 Å². The largest absolute Gasteiger partial charge is 0.456 e. The van der Waals surface area contributed by atoms with Crippen molar-refractivity contribution in [1.29, 1.82) is 0 Å². The van der Waals surface area contributed by atoms with Crippen LogP contribution in [0.2, 0.25) is 0 Å². The number of hydrogen-bond acceptors (Lipinski definition) is 9. The Balaban J connectivity index is -0.000000474. The molecule has 8 aromatic carbocycles. The summed E-state index contributed by atoms with van der Waals surface area (Å²) in [5.74, 6) is 0.856. The molecule has 0 unspecified atom stereocenters. The van der Waals surface area contributed by atoms with Gasteiger partial charge in [0.1, 0.15) is 52.7 Å². The van der Waals surface area contributed by atoms with Gasteiger partial charge < -0.3 is 8.98 Å². The number of furan rings is 1. The maximum Gasteiger partial charge on any atom is 0.307 e. The molecule has 0 amide bonds. The number of aryl methyl sites for hydroxylation is 13. The molecule has 18 rings (SSSR count). The number of fused-ring (bicyclic) bond motifs is 15. The fourth-order valence-corrected chi connectivity index (χ4v) is 14.6. The lowest BCUT2D eigenvalue weighted by molar-refractivity contribution is -0.745. The van der Waals surface area contributed by atoms with E-state index in [1.807, 2.05) is 374 Å². The highest BCUT2D eigenvalue weighted by Gasteiger charge is 2.24. The number of nitrogens with zero attached hydrogens (tertiary/aromatic N) is 18. The van der Waals surface area contributed by atoms with Crippen LogP contribution in [-0.4, -0.2) is 62.7 Å². The number of para-hydroxylation sites is 3. The predicted molar refractivity (Wildman–Crippen MR) is 587 cm³/mol. The summed E-state index contributed by atoms with van der Waals surface area (Å²) in [5, 5.41) is 11.6. The summed E-state index contributed by atoms with van der Waals surface area (Å²) in [7, 11) is 12.1. The molecule has 133 heavy (non-hydrogen) atoms. The summed E-state index contributed by atoms with van der Waals surface area (Å²) < 4.78 is 30.9. The highest BCUT2D eigenvalue weighted by atomic mass is 32.1. The van der Waals surface area contributed by atoms with E-state index in [2.05, 4.69) is 232 Å². The van der Waals surface area contributed by atoms with Crippen LogP contribution in [0.25, 0.3) is 114 Å². The second-order valence-electron chi connectivity index (χ2n) is 25.1. The van der Waals surface area contributed by atoms with E-state index in [1.54, 1.807) is 31.5 Å². The molecule has 0 saturated heterocycles. The van der Waals surface area contributed by atoms with Gasteiger partial charge in [0, 0.05) is 82.9 Å². The van der Waals surface area contributed by atoms with E-state index in [-0.39, 0.29) is 0 Å². The van der Waals surface area contributed by atoms with E-state index in [4.69, 9.17) is 9.40 Å². The number of hydrogen-bond donors (Lipinski definition) is 0. The van der Waals surface area contributed by atoms with E-state index in [1.165, 1.54) is 120 Å². The summed E-state index contributed by atoms with van der Waals surface area (Å²) in [6.45, 7) is 91.5. The van der Waals surface area contributed by atoms with E-state index in [0.717, 1.165) is 50.3 Å². The van der Waals surface area contributed by atoms with Crippen molar-refractivity contribution in [3.05, 3.63) is 247 Å². The van der Waals surface area contributed by atoms with Crippen molar-refractivity contribution >= 4 is 103 Å². The second kappa shape index (κ2) is 73.9. The normalized spacial score (nSPS) is 9.17. The predicted octanol–water partition coefficient (Wildman–Crippen LogP) is 31.2. The molecule has 0 aliphatic carbocycles. The first-order chi connectivity index (χ1) is 64.9. The third-order valence-corrected chi connectivity index (χ3v) is 20.1. The molecule has 0 N–H and O–H groups in total. The quantitative estimate of drug-likeness (QED) is 0.125. The summed E-state index contributed by atoms with van der Waals surface area (Å²) in [5.41, 5.74) is 21.5. The van der Waals surface area contributed by atoms with Crippen molar-refractivity contribution in [1.82, 2.24) is 62.7 Å². The van der Waals surface area contributed by atoms with E-state index < -0.39 is 0 Å². The maximum atomic E-state index is 5.94. The zero-order chi connectivity index (χ0) is 104. The van der Waals surface area contributed by atoms with Gasteiger partial charge in [-0.25, -0.2) is 9.97 Å². The SMILES string of the molecule is CC.CC.CC.CC.CC.CC.CC.CC.CC.CC.CC.CC.CC.CC.CC.CC.CC.CC.Cc1c(C)c(C)c2c(c1C)c1cccc(C)c1n1c2nc[n+]1C.Cc1cc2c(cc1-n1cnc[n+]1C)oc1ccccc12.Cc1cc2c(cc1-n1cnc[n+]1C)sc1ccccc12.Cc1cc2c3ccccc3n(C)c2cc1-n1cnc[n+]1C.Cc1cncnc1-n1cnc[n+]1C. The molecular weight excluding hydrogens is 1660 g/mol. The van der Waals surface area contributed by atoms with Crippen LogP contribution in [0.15, 0.2) is 201 Å². The topological polar surface area (TPSA) is 152 Å². The van der Waals surface area contributed by atoms with Gasteiger partial charge in [-0.1, -0.05) is 322 Å². The van der Waals surface area contributed by atoms with Crippen molar-refractivity contribution < 1.29 is 27.8 Å². The second-order valence-corrected chi connectivity index (χ2v) is 26.2. The Bertz CT molecular complexity index is 5920. The summed E-state index contributed by atoms with van der Waals surface area (Å²) in [6.07, 6.45) is 19.6. The monoisotopic (exact) mass is 1840 g/mol. The van der Waals surface area contributed by atoms with Crippen LogP contribution >= 0.6 is 11.3 Å². The van der Waals surface area contributed by atoms with Gasteiger partial charge in [0.2, 0.25) is 25.3 Å². The van der Waals surface area contributed by atoms with Gasteiger partial charge in [-0.3, -0.25) is 0 Å². The van der Waals surface area contributed by atoms with Crippen LogP contribution in [0.1, 0.15) is 299 Å². The van der Waals surface area contributed by atoms with Crippen LogP contribution in [0.3, 0.4) is 0 Å². The molecule has 19 nitrogen and oxygen atoms in total. The highest BCUT2D eigenvalue weighted by Crippen LogP contribution is 2.39. The fourth-order valence-electron chi connectivity index (χ4n) is 13.5. The number of aromatic nitrogens is 18. The Kier molecular flexibility index (Phi) is 72.1. The Hall–Kier alpha value is -11.6. The van der Waals surface area contributed by atoms with Crippen LogP contribution in [0.4, 0.5) is 0 Å². The summed E-state index contributed by atoms with van der Waals surface area (Å²) >= 11 is 1.84. The average molecular weight is 1840 g/mol. The molecule has 0 spiro atoms. The van der Waals surface area contributed by atoms with Crippen LogP contribution in [0.5, 0.6) is 0 Å². The molecule has 0 bridgehead atoms. The van der Waals surface area contributed by atoms with Gasteiger partial charge in [-0.2, -0.15) is 23.4 Å². The lowest BCUT2D eigenvalue weighted by atomic mass is 9.90. The molecule has 0 saturated carbocycles. The molecule has 734 valence electrons. The Morgan fingerprint density at radius 1 is 0.286 bits per heavy atom. The van der Waals surface area contributed by atoms with Crippen molar-refractivity contribution in [3.8, 4) is 22.9 Å². The molecule has 10 heterocycles. The Labute approximate surface area is 811 Å². The van der Waals surface area contributed by atoms with Gasteiger partial charge in [-0.15, -0.1) is 34.6 Å². The van der Waals surface area contributed by atoms with E-state index in [0.29, 0.717) is 0 Å². The molecule has 20 heteroatoms. The van der Waals surface area contributed by atoms with Gasteiger partial charge >= 0.3 is 31.6 Å². The third-order valence-electron chi connectivity index (χ3n) is 18.9. The first kappa shape index (κ1) is 130. The van der Waals surface area contributed by atoms with Crippen molar-refractivity contribution in [2.75, 3.05) is 0 Å². The molecule has 0 aliphatic rings. The third kappa shape index (κ3) is 32.6. The van der Waals surface area contributed by atoms with Crippen LogP contribution in [-0.2, 0) is 42.3 Å². The van der Waals surface area contributed by atoms with Gasteiger partial charge in [-0.05, 0) is 180 Å². The maximum absolute atomic E-state index is 5.94. The lowest BCUT2D eigenvalue weighted by Gasteiger charge is -2.16. The lowest BCUT2D eigenvalue weighted by Crippen LogP contribution is -2.37. The molecular formula is C113H185N18OS+5. The minimum absolute atomic E-state index is 0.856. The van der Waals surface area contributed by atoms with E-state index in [9.17, 15) is 0 Å². The first-order valence-corrected chi connectivity index (χ1v) is 51.0. The molecule has 10 aromatic heterocycles. The van der Waals surface area contributed by atoms with Gasteiger partial charge in [0.15, 0.2) is 5.82 Å². The van der Waals surface area contributed by atoms with Crippen molar-refractivity contribution in [3.63, 3.8) is 0 Å². The zero-order valence-electron chi connectivity index (χ0n) is 93.3.